The Morgan fingerprint density at radius 3 is 2.89 bits per heavy atom. The number of rotatable bonds is 2. The van der Waals surface area contributed by atoms with Crippen LogP contribution >= 0.6 is 0 Å². The lowest BCUT2D eigenvalue weighted by Crippen LogP contribution is -2.33. The van der Waals surface area contributed by atoms with Crippen molar-refractivity contribution < 1.29 is 19.1 Å². The Bertz CT molecular complexity index is 490. The zero-order chi connectivity index (χ0) is 13.1. The number of hydrogen-bond acceptors (Lipinski definition) is 3. The second-order valence-corrected chi connectivity index (χ2v) is 4.10. The summed E-state index contributed by atoms with van der Waals surface area (Å²) in [6, 6.07) is 3.71. The van der Waals surface area contributed by atoms with E-state index in [1.807, 2.05) is 0 Å². The second kappa shape index (κ2) is 5.03. The summed E-state index contributed by atoms with van der Waals surface area (Å²) in [5.74, 6) is -1.95. The molecule has 2 rings (SSSR count). The molecule has 0 radical (unpaired) electrons. The van der Waals surface area contributed by atoms with Gasteiger partial charge < -0.3 is 15.3 Å². The third-order valence-electron chi connectivity index (χ3n) is 2.80. The average Bonchev–Trinajstić information content (AvgIpc) is 2.53. The molecular formula is C12H13FN2O3. The van der Waals surface area contributed by atoms with Gasteiger partial charge in [-0.3, -0.25) is 4.79 Å². The summed E-state index contributed by atoms with van der Waals surface area (Å²) in [6.07, 6.45) is 0.728. The number of anilines is 1. The Hall–Kier alpha value is -2.11. The minimum absolute atomic E-state index is 0.0866. The molecule has 18 heavy (non-hydrogen) atoms. The molecule has 1 aliphatic rings. The van der Waals surface area contributed by atoms with Crippen LogP contribution in [0.3, 0.4) is 0 Å². The maximum atomic E-state index is 13.8. The highest BCUT2D eigenvalue weighted by atomic mass is 19.1. The van der Waals surface area contributed by atoms with Crippen LogP contribution in [0.5, 0.6) is 0 Å². The summed E-state index contributed by atoms with van der Waals surface area (Å²) >= 11 is 0. The zero-order valence-electron chi connectivity index (χ0n) is 9.65. The molecule has 5 nitrogen and oxygen atoms in total. The standard InChI is InChI=1S/C12H13FN2O3/c13-9-6-8(12(17)18)2-3-10(9)15-5-1-4-14-11(16)7-15/h2-3,6H,1,4-5,7H2,(H,14,16)(H,17,18). The van der Waals surface area contributed by atoms with Crippen LogP contribution in [0.15, 0.2) is 18.2 Å². The lowest BCUT2D eigenvalue weighted by Gasteiger charge is -2.21. The molecule has 0 spiro atoms. The molecule has 6 heteroatoms. The molecule has 0 atom stereocenters. The van der Waals surface area contributed by atoms with Gasteiger partial charge in [0, 0.05) is 13.1 Å². The monoisotopic (exact) mass is 252 g/mol. The molecule has 0 bridgehead atoms. The van der Waals surface area contributed by atoms with Crippen LogP contribution in [0.2, 0.25) is 0 Å². The topological polar surface area (TPSA) is 69.6 Å². The minimum Gasteiger partial charge on any atom is -0.478 e. The highest BCUT2D eigenvalue weighted by molar-refractivity contribution is 5.88. The van der Waals surface area contributed by atoms with Gasteiger partial charge in [-0.05, 0) is 24.6 Å². The second-order valence-electron chi connectivity index (χ2n) is 4.10. The van der Waals surface area contributed by atoms with Crippen LogP contribution in [0.4, 0.5) is 10.1 Å². The fourth-order valence-corrected chi connectivity index (χ4v) is 1.91. The number of halogens is 1. The fraction of sp³-hybridized carbons (Fsp3) is 0.333. The van der Waals surface area contributed by atoms with Crippen LogP contribution in [-0.4, -0.2) is 36.6 Å². The van der Waals surface area contributed by atoms with E-state index in [1.54, 1.807) is 4.90 Å². The Morgan fingerprint density at radius 2 is 2.22 bits per heavy atom. The molecule has 1 aliphatic heterocycles. The van der Waals surface area contributed by atoms with Crippen LogP contribution in [0, 0.1) is 5.82 Å². The summed E-state index contributed by atoms with van der Waals surface area (Å²) in [6.45, 7) is 1.22. The summed E-state index contributed by atoms with van der Waals surface area (Å²) < 4.78 is 13.8. The molecule has 1 aromatic carbocycles. The Kier molecular flexibility index (Phi) is 3.45. The fourth-order valence-electron chi connectivity index (χ4n) is 1.91. The molecule has 0 aromatic heterocycles. The number of aromatic carboxylic acids is 1. The molecule has 1 aromatic rings. The van der Waals surface area contributed by atoms with E-state index >= 15 is 0 Å². The molecule has 2 N–H and O–H groups in total. The third-order valence-corrected chi connectivity index (χ3v) is 2.80. The van der Waals surface area contributed by atoms with Gasteiger partial charge in [-0.15, -0.1) is 0 Å². The van der Waals surface area contributed by atoms with Gasteiger partial charge in [0.05, 0.1) is 17.8 Å². The molecule has 1 heterocycles. The van der Waals surface area contributed by atoms with Gasteiger partial charge in [-0.2, -0.15) is 0 Å². The van der Waals surface area contributed by atoms with E-state index in [0.717, 1.165) is 12.5 Å². The maximum absolute atomic E-state index is 13.8. The van der Waals surface area contributed by atoms with E-state index in [0.29, 0.717) is 13.1 Å². The molecule has 96 valence electrons. The zero-order valence-corrected chi connectivity index (χ0v) is 9.65. The first-order chi connectivity index (χ1) is 8.58. The average molecular weight is 252 g/mol. The Balaban J connectivity index is 2.27. The van der Waals surface area contributed by atoms with Gasteiger partial charge in [0.15, 0.2) is 0 Å². The normalized spacial score (nSPS) is 16.1. The van der Waals surface area contributed by atoms with E-state index in [-0.39, 0.29) is 23.7 Å². The summed E-state index contributed by atoms with van der Waals surface area (Å²) in [5.41, 5.74) is 0.160. The van der Waals surface area contributed by atoms with Crippen LogP contribution in [0.1, 0.15) is 16.8 Å². The minimum atomic E-state index is -1.17. The lowest BCUT2D eigenvalue weighted by atomic mass is 10.2. The van der Waals surface area contributed by atoms with Crippen molar-refractivity contribution in [1.29, 1.82) is 0 Å². The summed E-state index contributed by atoms with van der Waals surface area (Å²) in [5, 5.41) is 11.4. The predicted molar refractivity (Wildman–Crippen MR) is 63.2 cm³/mol. The highest BCUT2D eigenvalue weighted by Gasteiger charge is 2.18. The molecule has 1 saturated heterocycles. The van der Waals surface area contributed by atoms with Crippen molar-refractivity contribution in [1.82, 2.24) is 5.32 Å². The molecule has 1 amide bonds. The number of nitrogens with zero attached hydrogens (tertiary/aromatic N) is 1. The van der Waals surface area contributed by atoms with Gasteiger partial charge in [-0.1, -0.05) is 0 Å². The number of carbonyl (C=O) groups is 2. The van der Waals surface area contributed by atoms with Crippen LogP contribution in [-0.2, 0) is 4.79 Å². The number of carboxylic acids is 1. The molecule has 0 aliphatic carbocycles. The van der Waals surface area contributed by atoms with E-state index < -0.39 is 11.8 Å². The van der Waals surface area contributed by atoms with Crippen molar-refractivity contribution in [3.05, 3.63) is 29.6 Å². The van der Waals surface area contributed by atoms with Crippen molar-refractivity contribution >= 4 is 17.6 Å². The molecule has 0 unspecified atom stereocenters. The van der Waals surface area contributed by atoms with Crippen LogP contribution in [0.25, 0.3) is 0 Å². The number of hydrogen-bond donors (Lipinski definition) is 2. The van der Waals surface area contributed by atoms with Crippen molar-refractivity contribution in [2.75, 3.05) is 24.5 Å². The Labute approximate surface area is 103 Å². The first-order valence-electron chi connectivity index (χ1n) is 5.62. The van der Waals surface area contributed by atoms with E-state index in [4.69, 9.17) is 5.11 Å². The highest BCUT2D eigenvalue weighted by Crippen LogP contribution is 2.21. The van der Waals surface area contributed by atoms with Gasteiger partial charge >= 0.3 is 5.97 Å². The number of amides is 1. The quantitative estimate of drug-likeness (QED) is 0.818. The van der Waals surface area contributed by atoms with E-state index in [2.05, 4.69) is 5.32 Å². The predicted octanol–water partition coefficient (Wildman–Crippen LogP) is 0.850. The van der Waals surface area contributed by atoms with Gasteiger partial charge in [0.25, 0.3) is 0 Å². The van der Waals surface area contributed by atoms with E-state index in [9.17, 15) is 14.0 Å². The molecule has 1 fully saturated rings. The first kappa shape index (κ1) is 12.3. The molecular weight excluding hydrogens is 239 g/mol. The number of carbonyl (C=O) groups excluding carboxylic acids is 1. The summed E-state index contributed by atoms with van der Waals surface area (Å²) in [4.78, 5) is 23.7. The number of nitrogens with one attached hydrogen (secondary N) is 1. The smallest absolute Gasteiger partial charge is 0.335 e. The van der Waals surface area contributed by atoms with Crippen molar-refractivity contribution in [3.63, 3.8) is 0 Å². The number of carboxylic acid groups (broad SMARTS) is 1. The van der Waals surface area contributed by atoms with Crippen molar-refractivity contribution in [2.45, 2.75) is 6.42 Å². The van der Waals surface area contributed by atoms with Crippen LogP contribution < -0.4 is 10.2 Å². The van der Waals surface area contributed by atoms with E-state index in [1.165, 1.54) is 12.1 Å². The van der Waals surface area contributed by atoms with Gasteiger partial charge in [0.2, 0.25) is 5.91 Å². The maximum Gasteiger partial charge on any atom is 0.335 e. The Morgan fingerprint density at radius 1 is 1.44 bits per heavy atom. The third kappa shape index (κ3) is 2.58. The van der Waals surface area contributed by atoms with Crippen molar-refractivity contribution in [3.8, 4) is 0 Å². The van der Waals surface area contributed by atoms with Gasteiger partial charge in [0.1, 0.15) is 5.82 Å². The number of benzene rings is 1. The largest absolute Gasteiger partial charge is 0.478 e. The van der Waals surface area contributed by atoms with Gasteiger partial charge in [-0.25, -0.2) is 9.18 Å². The first-order valence-corrected chi connectivity index (χ1v) is 5.62. The summed E-state index contributed by atoms with van der Waals surface area (Å²) in [7, 11) is 0. The SMILES string of the molecule is O=C1CN(c2ccc(C(=O)O)cc2F)CCCN1. The molecule has 0 saturated carbocycles. The van der Waals surface area contributed by atoms with Crippen molar-refractivity contribution in [2.24, 2.45) is 0 Å². The lowest BCUT2D eigenvalue weighted by molar-refractivity contribution is -0.119.